The number of hydrogen-bond acceptors (Lipinski definition) is 18. The second-order valence-electron chi connectivity index (χ2n) is 19.2. The molecule has 2 aliphatic rings. The van der Waals surface area contributed by atoms with Gasteiger partial charge in [-0.1, -0.05) is 128 Å². The van der Waals surface area contributed by atoms with Gasteiger partial charge in [-0.3, -0.25) is 28.0 Å². The van der Waals surface area contributed by atoms with Gasteiger partial charge in [0.1, 0.15) is 36.6 Å². The van der Waals surface area contributed by atoms with Crippen molar-refractivity contribution in [1.82, 2.24) is 9.55 Å². The number of allylic oxidation sites excluding steroid dienone is 2. The predicted octanol–water partition coefficient (Wildman–Crippen LogP) is 7.59. The van der Waals surface area contributed by atoms with Crippen LogP contribution in [-0.2, 0) is 51.1 Å². The summed E-state index contributed by atoms with van der Waals surface area (Å²) in [4.78, 5) is 78.5. The summed E-state index contributed by atoms with van der Waals surface area (Å²) >= 11 is 0. The molecule has 11 atom stereocenters. The molecule has 0 saturated carbocycles. The van der Waals surface area contributed by atoms with Crippen molar-refractivity contribution in [3.63, 3.8) is 0 Å². The fourth-order valence-corrected chi connectivity index (χ4v) is 10.8. The maximum atomic E-state index is 14.3. The van der Waals surface area contributed by atoms with E-state index in [4.69, 9.17) is 29.0 Å². The summed E-state index contributed by atoms with van der Waals surface area (Å²) in [5.41, 5.74) is 4.76. The minimum atomic E-state index is -5.71. The average Bonchev–Trinajstić information content (AvgIpc) is 3.33. The van der Waals surface area contributed by atoms with E-state index in [0.717, 1.165) is 55.9 Å². The Balaban J connectivity index is 1.79. The smallest absolute Gasteiger partial charge is 0.462 e. The molecular formula is C50H85N3O18P2. The lowest BCUT2D eigenvalue weighted by Gasteiger charge is -2.38. The van der Waals surface area contributed by atoms with Gasteiger partial charge in [0, 0.05) is 31.4 Å². The number of carbonyl (C=O) groups excluding carboxylic acids is 3. The second-order valence-corrected chi connectivity index (χ2v) is 22.2. The van der Waals surface area contributed by atoms with Crippen LogP contribution in [0, 0.1) is 11.8 Å². The minimum Gasteiger partial charge on any atom is -0.462 e. The number of fused-ring (bicyclic) bond motifs is 3. The maximum Gasteiger partial charge on any atom is 0.481 e. The van der Waals surface area contributed by atoms with E-state index in [1.165, 1.54) is 62.9 Å². The van der Waals surface area contributed by atoms with Gasteiger partial charge in [0.05, 0.1) is 37.4 Å². The number of carbonyl (C=O) groups is 3. The molecule has 1 aromatic heterocycles. The van der Waals surface area contributed by atoms with Gasteiger partial charge < -0.3 is 50.2 Å². The van der Waals surface area contributed by atoms with Crippen LogP contribution in [0.3, 0.4) is 0 Å². The predicted molar refractivity (Wildman–Crippen MR) is 271 cm³/mol. The Morgan fingerprint density at radius 1 is 0.836 bits per heavy atom. The number of nitrogens with two attached hydrogens (primary N) is 1. The number of ketones is 1. The standard InChI is InChI=1S/C50H85N3O18P2/c1-3-5-7-8-9-10-11-12-13-14-15-16-17-18-24-28-46(58)69-38-34-66-45(57)27-23-20-19-22-26-40-42(56)33-41(55)39(30-29-37(54)25-21-6-4-2)47(59)48(60)43(36-68-73(64,65)71-72(62,63)67-35-38)70-49(40)53-32-31-44(51)52-50(53)61/h12-13,29-32,37-41,43,47-49,54-55,59-60H,3-11,14-28,33-36H2,1-2H3,(H,62,63)(H,64,65)(H2,51,52,61)/b13-12-,30-29?/t37-,38+,39-,40-,41+,43+,47-,48+,49+/m0/s1. The zero-order valence-corrected chi connectivity index (χ0v) is 44.7. The first-order chi connectivity index (χ1) is 34.9. The highest BCUT2D eigenvalue weighted by atomic mass is 31.3. The van der Waals surface area contributed by atoms with Crippen molar-refractivity contribution in [2.45, 2.75) is 217 Å². The molecule has 418 valence electrons. The van der Waals surface area contributed by atoms with Gasteiger partial charge in [-0.25, -0.2) is 13.9 Å². The molecule has 73 heavy (non-hydrogen) atoms. The number of aliphatic hydroxyl groups is 4. The number of cyclic esters (lactones) is 1. The molecule has 8 N–H and O–H groups in total. The topological polar surface area (TPSA) is 323 Å². The normalized spacial score (nSPS) is 29.4. The van der Waals surface area contributed by atoms with Crippen LogP contribution in [0.25, 0.3) is 0 Å². The monoisotopic (exact) mass is 1080 g/mol. The lowest BCUT2D eigenvalue weighted by molar-refractivity contribution is -0.184. The maximum absolute atomic E-state index is 14.3. The number of nitrogens with zero attached hydrogens (tertiary/aromatic N) is 2. The summed E-state index contributed by atoms with van der Waals surface area (Å²) in [6, 6.07) is 1.23. The Bertz CT molecular complexity index is 1990. The average molecular weight is 1080 g/mol. The number of aromatic nitrogens is 2. The molecule has 0 spiro atoms. The van der Waals surface area contributed by atoms with E-state index in [1.807, 2.05) is 6.92 Å². The Morgan fingerprint density at radius 3 is 2.12 bits per heavy atom. The van der Waals surface area contributed by atoms with E-state index in [2.05, 4.69) is 28.4 Å². The zero-order chi connectivity index (χ0) is 53.7. The number of unbranched alkanes of at least 4 members (excludes halogenated alkanes) is 13. The van der Waals surface area contributed by atoms with Gasteiger partial charge in [0.25, 0.3) is 0 Å². The van der Waals surface area contributed by atoms with Gasteiger partial charge in [0.15, 0.2) is 6.10 Å². The van der Waals surface area contributed by atoms with Gasteiger partial charge in [0.2, 0.25) is 0 Å². The molecule has 2 unspecified atom stereocenters. The van der Waals surface area contributed by atoms with Crippen molar-refractivity contribution in [3.8, 4) is 0 Å². The Morgan fingerprint density at radius 2 is 1.45 bits per heavy atom. The van der Waals surface area contributed by atoms with Crippen molar-refractivity contribution in [2.24, 2.45) is 11.8 Å². The van der Waals surface area contributed by atoms with Crippen molar-refractivity contribution in [3.05, 3.63) is 47.1 Å². The number of ether oxygens (including phenoxy) is 3. The SMILES string of the molecule is CCCCCCCC/C=C\CCCCCCCC(=O)O[C@@H]1COC(=O)CCCCCC[C@H]2C(=O)C[C@@H](O)[C@H](C=C[C@@H](O)CCCCC)[C@H](O)[C@H](O)[C@@H](COP(=O)(O)OP(=O)(O)OC1)O[C@H]2n1ccc(N)nc1=O. The highest BCUT2D eigenvalue weighted by Gasteiger charge is 2.45. The molecule has 2 saturated heterocycles. The molecule has 3 heterocycles. The number of phosphoric ester groups is 2. The first-order valence-corrected chi connectivity index (χ1v) is 29.4. The number of Topliss-reactive ketones (excluding diaryl/α,β-unsaturated/α-hetero) is 1. The third-order valence-corrected chi connectivity index (χ3v) is 15.5. The van der Waals surface area contributed by atoms with E-state index in [0.29, 0.717) is 44.9 Å². The number of aliphatic hydroxyl groups excluding tert-OH is 4. The van der Waals surface area contributed by atoms with Gasteiger partial charge in [-0.15, -0.1) is 0 Å². The summed E-state index contributed by atoms with van der Waals surface area (Å²) in [7, 11) is -11.3. The molecule has 1 aromatic rings. The Kier molecular flexibility index (Phi) is 30.9. The summed E-state index contributed by atoms with van der Waals surface area (Å²) in [5, 5.41) is 45.6. The van der Waals surface area contributed by atoms with Gasteiger partial charge in [-0.2, -0.15) is 9.29 Å². The van der Waals surface area contributed by atoms with Crippen molar-refractivity contribution in [2.75, 3.05) is 25.6 Å². The van der Waals surface area contributed by atoms with E-state index in [1.54, 1.807) is 0 Å². The van der Waals surface area contributed by atoms with Crippen LogP contribution >= 0.6 is 15.6 Å². The van der Waals surface area contributed by atoms with Crippen LogP contribution in [0.5, 0.6) is 0 Å². The molecule has 0 aromatic carbocycles. The first-order valence-electron chi connectivity index (χ1n) is 26.5. The van der Waals surface area contributed by atoms with Crippen molar-refractivity contribution >= 4 is 39.2 Å². The van der Waals surface area contributed by atoms with E-state index >= 15 is 0 Å². The molecule has 0 radical (unpaired) electrons. The number of rotatable bonds is 23. The van der Waals surface area contributed by atoms with Crippen molar-refractivity contribution < 1.29 is 81.3 Å². The van der Waals surface area contributed by atoms with Crippen LogP contribution in [0.1, 0.15) is 181 Å². The Labute approximate surface area is 430 Å². The van der Waals surface area contributed by atoms with E-state index in [-0.39, 0.29) is 25.1 Å². The molecule has 2 fully saturated rings. The summed E-state index contributed by atoms with van der Waals surface area (Å²) in [6.45, 7) is 1.47. The number of esters is 2. The van der Waals surface area contributed by atoms with Crippen LogP contribution in [0.2, 0.25) is 0 Å². The third kappa shape index (κ3) is 26.0. The van der Waals surface area contributed by atoms with Crippen LogP contribution in [-0.4, -0.2) is 114 Å². The summed E-state index contributed by atoms with van der Waals surface area (Å²) in [6.07, 6.45) is 13.6. The second kappa shape index (κ2) is 35.2. The molecule has 23 heteroatoms. The lowest BCUT2D eigenvalue weighted by Crippen LogP contribution is -2.51. The largest absolute Gasteiger partial charge is 0.481 e. The zero-order valence-electron chi connectivity index (χ0n) is 42.9. The molecular weight excluding hydrogens is 993 g/mol. The molecule has 0 amide bonds. The third-order valence-electron chi connectivity index (χ3n) is 12.9. The minimum absolute atomic E-state index is 0.00294. The number of hydrogen-bond donors (Lipinski definition) is 7. The van der Waals surface area contributed by atoms with E-state index < -0.39 is 120 Å². The van der Waals surface area contributed by atoms with Gasteiger partial charge >= 0.3 is 33.3 Å². The van der Waals surface area contributed by atoms with Crippen LogP contribution < -0.4 is 11.4 Å². The number of phosphoric acid groups is 2. The number of anilines is 1. The molecule has 0 aliphatic carbocycles. The fourth-order valence-electron chi connectivity index (χ4n) is 8.67. The number of nitrogen functional groups attached to an aromatic ring is 1. The quantitative estimate of drug-likeness (QED) is 0.0240. The van der Waals surface area contributed by atoms with E-state index in [9.17, 15) is 58.5 Å². The lowest BCUT2D eigenvalue weighted by atomic mass is 9.83. The highest BCUT2D eigenvalue weighted by Crippen LogP contribution is 2.60. The highest BCUT2D eigenvalue weighted by molar-refractivity contribution is 7.61. The molecule has 2 bridgehead atoms. The van der Waals surface area contributed by atoms with Crippen LogP contribution in [0.15, 0.2) is 41.4 Å². The Hall–Kier alpha value is -3.17. The van der Waals surface area contributed by atoms with Crippen LogP contribution in [0.4, 0.5) is 5.82 Å². The molecule has 2 aliphatic heterocycles. The summed E-state index contributed by atoms with van der Waals surface area (Å²) in [5.74, 6) is -4.95. The van der Waals surface area contributed by atoms with Crippen molar-refractivity contribution in [1.29, 1.82) is 0 Å². The first kappa shape index (κ1) is 64.1. The molecule has 3 rings (SSSR count). The van der Waals surface area contributed by atoms with Gasteiger partial charge in [-0.05, 0) is 57.4 Å². The summed E-state index contributed by atoms with van der Waals surface area (Å²) < 4.78 is 59.0. The molecule has 21 nitrogen and oxygen atoms in total. The fraction of sp³-hybridized carbons (Fsp3) is 0.780.